The molecule has 120 valence electrons. The summed E-state index contributed by atoms with van der Waals surface area (Å²) in [6.45, 7) is 1.88. The van der Waals surface area contributed by atoms with Crippen molar-refractivity contribution < 1.29 is 19.4 Å². The summed E-state index contributed by atoms with van der Waals surface area (Å²) in [4.78, 5) is 25.5. The van der Waals surface area contributed by atoms with Crippen LogP contribution in [-0.4, -0.2) is 48.7 Å². The van der Waals surface area contributed by atoms with Gasteiger partial charge >= 0.3 is 5.97 Å². The number of aliphatic carboxylic acids is 1. The molecule has 0 unspecified atom stereocenters. The van der Waals surface area contributed by atoms with Crippen LogP contribution in [0, 0.1) is 11.3 Å². The van der Waals surface area contributed by atoms with Crippen molar-refractivity contribution in [1.29, 1.82) is 0 Å². The van der Waals surface area contributed by atoms with Gasteiger partial charge in [-0.15, -0.1) is 0 Å². The molecule has 0 aromatic carbocycles. The van der Waals surface area contributed by atoms with E-state index in [2.05, 4.69) is 0 Å². The highest BCUT2D eigenvalue weighted by molar-refractivity contribution is 5.85. The molecule has 0 saturated heterocycles. The second kappa shape index (κ2) is 7.25. The van der Waals surface area contributed by atoms with Gasteiger partial charge in [0.05, 0.1) is 12.0 Å². The second-order valence-electron chi connectivity index (χ2n) is 6.66. The van der Waals surface area contributed by atoms with Crippen LogP contribution in [0.3, 0.4) is 0 Å². The molecule has 0 heterocycles. The quantitative estimate of drug-likeness (QED) is 0.698. The third-order valence-corrected chi connectivity index (χ3v) is 4.80. The molecule has 2 rings (SSSR count). The van der Waals surface area contributed by atoms with Crippen LogP contribution in [0.5, 0.6) is 0 Å². The Kier molecular flexibility index (Phi) is 5.62. The highest BCUT2D eigenvalue weighted by atomic mass is 16.5. The fourth-order valence-corrected chi connectivity index (χ4v) is 2.98. The third-order valence-electron chi connectivity index (χ3n) is 4.80. The van der Waals surface area contributed by atoms with E-state index in [4.69, 9.17) is 4.74 Å². The molecule has 0 radical (unpaired) electrons. The van der Waals surface area contributed by atoms with Crippen LogP contribution in [0.15, 0.2) is 0 Å². The van der Waals surface area contributed by atoms with Gasteiger partial charge in [-0.05, 0) is 31.6 Å². The van der Waals surface area contributed by atoms with Crippen LogP contribution < -0.4 is 0 Å². The molecule has 2 saturated carbocycles. The Hall–Kier alpha value is -1.10. The first-order valence-electron chi connectivity index (χ1n) is 8.09. The van der Waals surface area contributed by atoms with Crippen LogP contribution in [0.4, 0.5) is 0 Å². The minimum atomic E-state index is -0.835. The van der Waals surface area contributed by atoms with Gasteiger partial charge in [0.15, 0.2) is 0 Å². The smallest absolute Gasteiger partial charge is 0.310 e. The molecule has 0 aliphatic heterocycles. The predicted octanol–water partition coefficient (Wildman–Crippen LogP) is 2.30. The van der Waals surface area contributed by atoms with E-state index in [1.165, 1.54) is 12.8 Å². The molecule has 5 heteroatoms. The zero-order valence-corrected chi connectivity index (χ0v) is 13.0. The average Bonchev–Trinajstić information content (AvgIpc) is 3.28. The van der Waals surface area contributed by atoms with Crippen molar-refractivity contribution in [2.75, 3.05) is 26.8 Å². The maximum Gasteiger partial charge on any atom is 0.310 e. The highest BCUT2D eigenvalue weighted by Crippen LogP contribution is 2.40. The molecule has 0 atom stereocenters. The summed E-state index contributed by atoms with van der Waals surface area (Å²) in [6, 6.07) is 0. The lowest BCUT2D eigenvalue weighted by Crippen LogP contribution is -2.40. The summed E-state index contributed by atoms with van der Waals surface area (Å²) in [7, 11) is 1.74. The second-order valence-corrected chi connectivity index (χ2v) is 6.66. The normalized spacial score (nSPS) is 21.0. The van der Waals surface area contributed by atoms with E-state index in [1.54, 1.807) is 11.9 Å². The summed E-state index contributed by atoms with van der Waals surface area (Å²) < 4.78 is 5.53. The molecule has 21 heavy (non-hydrogen) atoms. The largest absolute Gasteiger partial charge is 0.481 e. The van der Waals surface area contributed by atoms with E-state index < -0.39 is 11.4 Å². The molecule has 0 aromatic heterocycles. The lowest BCUT2D eigenvalue weighted by molar-refractivity contribution is -0.155. The van der Waals surface area contributed by atoms with Crippen molar-refractivity contribution in [3.8, 4) is 0 Å². The van der Waals surface area contributed by atoms with Crippen molar-refractivity contribution in [1.82, 2.24) is 4.90 Å². The van der Waals surface area contributed by atoms with Crippen LogP contribution in [0.1, 0.15) is 51.4 Å². The molecule has 2 aliphatic rings. The van der Waals surface area contributed by atoms with E-state index in [0.29, 0.717) is 26.0 Å². The Labute approximate surface area is 126 Å². The number of nitrogens with zero attached hydrogens (tertiary/aromatic N) is 1. The van der Waals surface area contributed by atoms with E-state index in [9.17, 15) is 14.7 Å². The van der Waals surface area contributed by atoms with E-state index in [0.717, 1.165) is 31.8 Å². The number of ether oxygens (including phenoxy) is 1. The van der Waals surface area contributed by atoms with Crippen LogP contribution in [0.25, 0.3) is 0 Å². The van der Waals surface area contributed by atoms with Crippen molar-refractivity contribution in [2.45, 2.75) is 51.4 Å². The van der Waals surface area contributed by atoms with Gasteiger partial charge < -0.3 is 14.7 Å². The van der Waals surface area contributed by atoms with Gasteiger partial charge in [-0.3, -0.25) is 9.59 Å². The van der Waals surface area contributed by atoms with Gasteiger partial charge in [0, 0.05) is 26.6 Å². The monoisotopic (exact) mass is 297 g/mol. The van der Waals surface area contributed by atoms with Crippen molar-refractivity contribution in [2.24, 2.45) is 11.3 Å². The van der Waals surface area contributed by atoms with Gasteiger partial charge in [-0.25, -0.2) is 0 Å². The van der Waals surface area contributed by atoms with E-state index in [1.807, 2.05) is 0 Å². The molecular weight excluding hydrogens is 270 g/mol. The van der Waals surface area contributed by atoms with Gasteiger partial charge in [-0.2, -0.15) is 0 Å². The molecular formula is C16H27NO4. The standard InChI is InChI=1S/C16H27NO4/c1-17(9-10-21-12-13-5-6-13)14(18)11-16(15(19)20)7-3-2-4-8-16/h13H,2-12H2,1H3,(H,19,20). The number of carbonyl (C=O) groups is 2. The number of likely N-dealkylation sites (N-methyl/N-ethyl adjacent to an activating group) is 1. The van der Waals surface area contributed by atoms with Crippen molar-refractivity contribution >= 4 is 11.9 Å². The lowest BCUT2D eigenvalue weighted by Gasteiger charge is -2.33. The summed E-state index contributed by atoms with van der Waals surface area (Å²) in [5, 5.41) is 9.51. The minimum absolute atomic E-state index is 0.0747. The van der Waals surface area contributed by atoms with Crippen molar-refractivity contribution in [3.63, 3.8) is 0 Å². The zero-order chi connectivity index (χ0) is 15.3. The van der Waals surface area contributed by atoms with Gasteiger partial charge in [0.1, 0.15) is 0 Å². The molecule has 1 N–H and O–H groups in total. The fourth-order valence-electron chi connectivity index (χ4n) is 2.98. The minimum Gasteiger partial charge on any atom is -0.481 e. The summed E-state index contributed by atoms with van der Waals surface area (Å²) in [6.07, 6.45) is 6.79. The lowest BCUT2D eigenvalue weighted by atomic mass is 9.71. The number of amides is 1. The number of hydrogen-bond acceptors (Lipinski definition) is 3. The molecule has 2 fully saturated rings. The van der Waals surface area contributed by atoms with Crippen molar-refractivity contribution in [3.05, 3.63) is 0 Å². The van der Waals surface area contributed by atoms with Crippen LogP contribution in [-0.2, 0) is 14.3 Å². The zero-order valence-electron chi connectivity index (χ0n) is 13.0. The van der Waals surface area contributed by atoms with E-state index >= 15 is 0 Å². The molecule has 0 bridgehead atoms. The van der Waals surface area contributed by atoms with Gasteiger partial charge in [-0.1, -0.05) is 19.3 Å². The number of hydrogen-bond donors (Lipinski definition) is 1. The Bertz CT molecular complexity index is 372. The number of carboxylic acid groups (broad SMARTS) is 1. The maximum absolute atomic E-state index is 12.3. The van der Waals surface area contributed by atoms with Crippen LogP contribution >= 0.6 is 0 Å². The summed E-state index contributed by atoms with van der Waals surface area (Å²) in [5.74, 6) is -0.160. The fraction of sp³-hybridized carbons (Fsp3) is 0.875. The Morgan fingerprint density at radius 2 is 1.90 bits per heavy atom. The molecule has 5 nitrogen and oxygen atoms in total. The first kappa shape index (κ1) is 16.3. The average molecular weight is 297 g/mol. The Balaban J connectivity index is 1.75. The first-order chi connectivity index (χ1) is 10.0. The number of rotatable bonds is 8. The molecule has 2 aliphatic carbocycles. The summed E-state index contributed by atoms with van der Waals surface area (Å²) >= 11 is 0. The maximum atomic E-state index is 12.3. The third kappa shape index (κ3) is 4.70. The highest BCUT2D eigenvalue weighted by Gasteiger charge is 2.41. The topological polar surface area (TPSA) is 66.8 Å². The van der Waals surface area contributed by atoms with Gasteiger partial charge in [0.25, 0.3) is 0 Å². The molecule has 0 spiro atoms. The van der Waals surface area contributed by atoms with E-state index in [-0.39, 0.29) is 12.3 Å². The SMILES string of the molecule is CN(CCOCC1CC1)C(=O)CC1(C(=O)O)CCCCC1. The molecule has 1 amide bonds. The van der Waals surface area contributed by atoms with Gasteiger partial charge in [0.2, 0.25) is 5.91 Å². The Morgan fingerprint density at radius 1 is 1.24 bits per heavy atom. The number of carboxylic acids is 1. The first-order valence-corrected chi connectivity index (χ1v) is 8.09. The van der Waals surface area contributed by atoms with Crippen LogP contribution in [0.2, 0.25) is 0 Å². The predicted molar refractivity (Wildman–Crippen MR) is 79.0 cm³/mol. The Morgan fingerprint density at radius 3 is 2.48 bits per heavy atom. The molecule has 0 aromatic rings. The summed E-state index contributed by atoms with van der Waals surface area (Å²) in [5.41, 5.74) is -0.835. The number of carbonyl (C=O) groups excluding carboxylic acids is 1.